The molecule has 2 atom stereocenters. The Balaban J connectivity index is 1.78. The van der Waals surface area contributed by atoms with Gasteiger partial charge in [-0.1, -0.05) is 6.07 Å². The van der Waals surface area contributed by atoms with Crippen molar-refractivity contribution >= 4 is 5.82 Å². The van der Waals surface area contributed by atoms with Gasteiger partial charge in [-0.15, -0.1) is 0 Å². The highest BCUT2D eigenvalue weighted by molar-refractivity contribution is 5.42. The summed E-state index contributed by atoms with van der Waals surface area (Å²) in [6.45, 7) is 6.77. The van der Waals surface area contributed by atoms with Crippen molar-refractivity contribution in [2.24, 2.45) is 0 Å². The molecule has 104 valence electrons. The first kappa shape index (κ1) is 12.9. The molecule has 0 aromatic carbocycles. The molecular weight excluding hydrogens is 236 g/mol. The third kappa shape index (κ3) is 2.60. The number of rotatable bonds is 3. The summed E-state index contributed by atoms with van der Waals surface area (Å²) in [6, 6.07) is 7.68. The van der Waals surface area contributed by atoms with E-state index in [-0.39, 0.29) is 0 Å². The molecule has 1 aromatic heterocycles. The Morgan fingerprint density at radius 2 is 2.26 bits per heavy atom. The molecule has 2 fully saturated rings. The van der Waals surface area contributed by atoms with Gasteiger partial charge in [0.15, 0.2) is 0 Å². The average molecular weight is 260 g/mol. The van der Waals surface area contributed by atoms with E-state index in [0.29, 0.717) is 6.04 Å². The molecule has 1 aromatic rings. The summed E-state index contributed by atoms with van der Waals surface area (Å²) in [5, 5.41) is 3.17. The van der Waals surface area contributed by atoms with Gasteiger partial charge >= 0.3 is 0 Å². The second-order valence-electron chi connectivity index (χ2n) is 5.81. The fourth-order valence-corrected chi connectivity index (χ4v) is 3.41. The van der Waals surface area contributed by atoms with Crippen molar-refractivity contribution in [1.82, 2.24) is 15.2 Å². The lowest BCUT2D eigenvalue weighted by Gasteiger charge is -2.43. The molecule has 2 aliphatic heterocycles. The van der Waals surface area contributed by atoms with Gasteiger partial charge in [0.25, 0.3) is 0 Å². The summed E-state index contributed by atoms with van der Waals surface area (Å²) < 4.78 is 0. The van der Waals surface area contributed by atoms with E-state index in [1.165, 1.54) is 25.9 Å². The molecule has 0 amide bonds. The Morgan fingerprint density at radius 1 is 1.37 bits per heavy atom. The fraction of sp³-hybridized carbons (Fsp3) is 0.667. The standard InChI is InChI=1S/C15H24N4/c1-12-10-18-8-4-6-14(18)11-19(12)15-7-3-5-13(17-15)9-16-2/h3,5,7,12,14,16H,4,6,8-11H2,1-2H3. The molecule has 2 aliphatic rings. The average Bonchev–Trinajstić information content (AvgIpc) is 2.85. The summed E-state index contributed by atoms with van der Waals surface area (Å²) >= 11 is 0. The number of anilines is 1. The lowest BCUT2D eigenvalue weighted by atomic mass is 10.1. The number of aromatic nitrogens is 1. The third-order valence-corrected chi connectivity index (χ3v) is 4.38. The maximum absolute atomic E-state index is 4.80. The van der Waals surface area contributed by atoms with E-state index < -0.39 is 0 Å². The van der Waals surface area contributed by atoms with E-state index in [4.69, 9.17) is 4.98 Å². The lowest BCUT2D eigenvalue weighted by molar-refractivity contribution is 0.202. The molecule has 0 radical (unpaired) electrons. The van der Waals surface area contributed by atoms with Gasteiger partial charge in [0.1, 0.15) is 5.82 Å². The van der Waals surface area contributed by atoms with Crippen LogP contribution < -0.4 is 10.2 Å². The van der Waals surface area contributed by atoms with Crippen LogP contribution in [0.1, 0.15) is 25.5 Å². The van der Waals surface area contributed by atoms with Crippen LogP contribution in [-0.2, 0) is 6.54 Å². The molecule has 4 nitrogen and oxygen atoms in total. The second-order valence-corrected chi connectivity index (χ2v) is 5.81. The maximum Gasteiger partial charge on any atom is 0.129 e. The third-order valence-electron chi connectivity index (χ3n) is 4.38. The summed E-state index contributed by atoms with van der Waals surface area (Å²) in [7, 11) is 1.97. The minimum absolute atomic E-state index is 0.562. The summed E-state index contributed by atoms with van der Waals surface area (Å²) in [5.41, 5.74) is 1.13. The Hall–Kier alpha value is -1.13. The first-order valence-electron chi connectivity index (χ1n) is 7.39. The number of piperazine rings is 1. The van der Waals surface area contributed by atoms with Crippen LogP contribution >= 0.6 is 0 Å². The van der Waals surface area contributed by atoms with E-state index in [0.717, 1.165) is 30.6 Å². The largest absolute Gasteiger partial charge is 0.351 e. The van der Waals surface area contributed by atoms with Crippen LogP contribution in [0.2, 0.25) is 0 Å². The highest BCUT2D eigenvalue weighted by Gasteiger charge is 2.34. The Bertz CT molecular complexity index is 434. The van der Waals surface area contributed by atoms with Gasteiger partial charge in [-0.25, -0.2) is 4.98 Å². The quantitative estimate of drug-likeness (QED) is 0.892. The van der Waals surface area contributed by atoms with Crippen LogP contribution in [0.15, 0.2) is 18.2 Å². The van der Waals surface area contributed by atoms with Gasteiger partial charge in [0.05, 0.1) is 5.69 Å². The highest BCUT2D eigenvalue weighted by atomic mass is 15.3. The molecule has 19 heavy (non-hydrogen) atoms. The van der Waals surface area contributed by atoms with Crippen LogP contribution in [0, 0.1) is 0 Å². The Morgan fingerprint density at radius 3 is 3.11 bits per heavy atom. The van der Waals surface area contributed by atoms with Crippen molar-refractivity contribution in [3.05, 3.63) is 23.9 Å². The van der Waals surface area contributed by atoms with Gasteiger partial charge in [-0.2, -0.15) is 0 Å². The van der Waals surface area contributed by atoms with Crippen LogP contribution in [0.25, 0.3) is 0 Å². The topological polar surface area (TPSA) is 31.4 Å². The van der Waals surface area contributed by atoms with Crippen LogP contribution in [0.3, 0.4) is 0 Å². The number of hydrogen-bond donors (Lipinski definition) is 1. The van der Waals surface area contributed by atoms with Crippen LogP contribution in [-0.4, -0.2) is 48.6 Å². The van der Waals surface area contributed by atoms with E-state index >= 15 is 0 Å². The number of nitrogens with one attached hydrogen (secondary N) is 1. The van der Waals surface area contributed by atoms with Gasteiger partial charge in [0, 0.05) is 31.7 Å². The van der Waals surface area contributed by atoms with Crippen LogP contribution in [0.5, 0.6) is 0 Å². The van der Waals surface area contributed by atoms with E-state index in [1.807, 2.05) is 7.05 Å². The Kier molecular flexibility index (Phi) is 3.71. The first-order valence-corrected chi connectivity index (χ1v) is 7.39. The Labute approximate surface area is 115 Å². The molecule has 3 rings (SSSR count). The molecule has 0 saturated carbocycles. The van der Waals surface area contributed by atoms with Crippen molar-refractivity contribution in [2.45, 2.75) is 38.4 Å². The smallest absolute Gasteiger partial charge is 0.129 e. The highest BCUT2D eigenvalue weighted by Crippen LogP contribution is 2.27. The zero-order valence-electron chi connectivity index (χ0n) is 12.0. The summed E-state index contributed by atoms with van der Waals surface area (Å²) in [4.78, 5) is 9.94. The van der Waals surface area contributed by atoms with Crippen molar-refractivity contribution < 1.29 is 0 Å². The van der Waals surface area contributed by atoms with Gasteiger partial charge in [0.2, 0.25) is 0 Å². The molecule has 2 unspecified atom stereocenters. The number of fused-ring (bicyclic) bond motifs is 1. The van der Waals surface area contributed by atoms with Crippen molar-refractivity contribution in [1.29, 1.82) is 0 Å². The number of nitrogens with zero attached hydrogens (tertiary/aromatic N) is 3. The molecule has 0 bridgehead atoms. The molecular formula is C15H24N4. The second kappa shape index (κ2) is 5.47. The van der Waals surface area contributed by atoms with Gasteiger partial charge < -0.3 is 10.2 Å². The summed E-state index contributed by atoms with van der Waals surface area (Å²) in [5.74, 6) is 1.15. The van der Waals surface area contributed by atoms with Crippen LogP contribution in [0.4, 0.5) is 5.82 Å². The minimum Gasteiger partial charge on any atom is -0.351 e. The maximum atomic E-state index is 4.80. The monoisotopic (exact) mass is 260 g/mol. The normalized spacial score (nSPS) is 27.6. The number of pyridine rings is 1. The minimum atomic E-state index is 0.562. The summed E-state index contributed by atoms with van der Waals surface area (Å²) in [6.07, 6.45) is 2.71. The van der Waals surface area contributed by atoms with E-state index in [2.05, 4.69) is 40.2 Å². The van der Waals surface area contributed by atoms with Gasteiger partial charge in [-0.3, -0.25) is 4.90 Å². The zero-order chi connectivity index (χ0) is 13.2. The van der Waals surface area contributed by atoms with E-state index in [1.54, 1.807) is 0 Å². The molecule has 4 heteroatoms. The van der Waals surface area contributed by atoms with Crippen molar-refractivity contribution in [3.63, 3.8) is 0 Å². The zero-order valence-corrected chi connectivity index (χ0v) is 12.0. The first-order chi connectivity index (χ1) is 9.28. The lowest BCUT2D eigenvalue weighted by Crippen LogP contribution is -2.55. The fourth-order valence-electron chi connectivity index (χ4n) is 3.41. The predicted octanol–water partition coefficient (Wildman–Crippen LogP) is 1.47. The molecule has 3 heterocycles. The van der Waals surface area contributed by atoms with Crippen molar-refractivity contribution in [2.75, 3.05) is 31.6 Å². The van der Waals surface area contributed by atoms with Gasteiger partial charge in [-0.05, 0) is 45.5 Å². The molecule has 0 spiro atoms. The van der Waals surface area contributed by atoms with Crippen molar-refractivity contribution in [3.8, 4) is 0 Å². The molecule has 1 N–H and O–H groups in total. The van der Waals surface area contributed by atoms with E-state index in [9.17, 15) is 0 Å². The molecule has 2 saturated heterocycles. The molecule has 0 aliphatic carbocycles. The SMILES string of the molecule is CNCc1cccc(N2CC3CCCN3CC2C)n1. The number of hydrogen-bond acceptors (Lipinski definition) is 4. The predicted molar refractivity (Wildman–Crippen MR) is 78.4 cm³/mol.